The maximum atomic E-state index is 12.4. The van der Waals surface area contributed by atoms with E-state index in [1.165, 1.54) is 193 Å². The van der Waals surface area contributed by atoms with Gasteiger partial charge in [-0.15, -0.1) is 0 Å². The summed E-state index contributed by atoms with van der Waals surface area (Å²) >= 11 is 0. The van der Waals surface area contributed by atoms with E-state index in [4.69, 9.17) is 0 Å². The number of carbonyl (C=O) groups is 1. The Balaban J connectivity index is 3.45. The van der Waals surface area contributed by atoms with Crippen LogP contribution in [-0.4, -0.2) is 34.9 Å². The van der Waals surface area contributed by atoms with Crippen molar-refractivity contribution in [1.82, 2.24) is 5.32 Å². The predicted octanol–water partition coefficient (Wildman–Crippen LogP) is 12.9. The van der Waals surface area contributed by atoms with Crippen molar-refractivity contribution in [3.05, 3.63) is 0 Å². The van der Waals surface area contributed by atoms with Gasteiger partial charge in [0.05, 0.1) is 18.8 Å². The molecule has 0 aliphatic heterocycles. The van der Waals surface area contributed by atoms with Crippen LogP contribution in [0.5, 0.6) is 0 Å². The zero-order valence-corrected chi connectivity index (χ0v) is 31.6. The molecule has 3 N–H and O–H groups in total. The number of carbonyl (C=O) groups excluding carboxylic acids is 1. The summed E-state index contributed by atoms with van der Waals surface area (Å²) in [5, 5.41) is 23.1. The number of rotatable bonds is 39. The SMILES string of the molecule is CCCCCCCCCCCCCCCCCCCCCCCC(=O)N[C@@H](CO)C[C@H](O)CCCCCCCCCCCCCC. The average molecular weight is 652 g/mol. The van der Waals surface area contributed by atoms with Crippen molar-refractivity contribution in [2.24, 2.45) is 0 Å². The monoisotopic (exact) mass is 652 g/mol. The summed E-state index contributed by atoms with van der Waals surface area (Å²) in [6.07, 6.45) is 45.7. The van der Waals surface area contributed by atoms with Crippen LogP contribution >= 0.6 is 0 Å². The Labute approximate surface area is 289 Å². The topological polar surface area (TPSA) is 69.6 Å². The van der Waals surface area contributed by atoms with Crippen LogP contribution in [0.1, 0.15) is 245 Å². The Bertz CT molecular complexity index is 583. The van der Waals surface area contributed by atoms with E-state index < -0.39 is 6.10 Å². The highest BCUT2D eigenvalue weighted by Crippen LogP contribution is 2.17. The lowest BCUT2D eigenvalue weighted by Gasteiger charge is -2.20. The van der Waals surface area contributed by atoms with E-state index in [2.05, 4.69) is 19.2 Å². The first-order valence-electron chi connectivity index (χ1n) is 21.2. The molecule has 0 aromatic rings. The van der Waals surface area contributed by atoms with Gasteiger partial charge in [0.1, 0.15) is 0 Å². The van der Waals surface area contributed by atoms with Crippen LogP contribution in [0.25, 0.3) is 0 Å². The second kappa shape index (κ2) is 38.8. The predicted molar refractivity (Wildman–Crippen MR) is 203 cm³/mol. The third-order valence-electron chi connectivity index (χ3n) is 10.0. The van der Waals surface area contributed by atoms with Crippen molar-refractivity contribution in [3.63, 3.8) is 0 Å². The van der Waals surface area contributed by atoms with Crippen molar-refractivity contribution in [2.75, 3.05) is 6.61 Å². The molecule has 0 aromatic carbocycles. The normalized spacial score (nSPS) is 12.9. The van der Waals surface area contributed by atoms with E-state index in [-0.39, 0.29) is 18.6 Å². The summed E-state index contributed by atoms with van der Waals surface area (Å²) in [5.74, 6) is 0.0226. The van der Waals surface area contributed by atoms with Gasteiger partial charge in [0.25, 0.3) is 0 Å². The zero-order chi connectivity index (χ0) is 33.6. The molecule has 1 amide bonds. The molecule has 0 fully saturated rings. The van der Waals surface area contributed by atoms with Crippen LogP contribution < -0.4 is 5.32 Å². The van der Waals surface area contributed by atoms with Gasteiger partial charge in [0.15, 0.2) is 0 Å². The van der Waals surface area contributed by atoms with Gasteiger partial charge in [0.2, 0.25) is 5.91 Å². The quantitative estimate of drug-likeness (QED) is 0.0579. The molecule has 0 saturated heterocycles. The highest BCUT2D eigenvalue weighted by molar-refractivity contribution is 5.76. The van der Waals surface area contributed by atoms with Crippen molar-refractivity contribution in [1.29, 1.82) is 0 Å². The van der Waals surface area contributed by atoms with E-state index in [1.807, 2.05) is 0 Å². The van der Waals surface area contributed by atoms with Gasteiger partial charge < -0.3 is 15.5 Å². The van der Waals surface area contributed by atoms with Gasteiger partial charge in [-0.2, -0.15) is 0 Å². The fourth-order valence-electron chi connectivity index (χ4n) is 6.86. The Kier molecular flexibility index (Phi) is 38.3. The minimum Gasteiger partial charge on any atom is -0.394 e. The van der Waals surface area contributed by atoms with Crippen LogP contribution in [0.2, 0.25) is 0 Å². The van der Waals surface area contributed by atoms with Gasteiger partial charge in [-0.25, -0.2) is 0 Å². The van der Waals surface area contributed by atoms with Gasteiger partial charge in [-0.3, -0.25) is 4.79 Å². The fourth-order valence-corrected chi connectivity index (χ4v) is 6.86. The van der Waals surface area contributed by atoms with Crippen molar-refractivity contribution in [2.45, 2.75) is 257 Å². The Morgan fingerprint density at radius 1 is 0.457 bits per heavy atom. The Morgan fingerprint density at radius 3 is 1.04 bits per heavy atom. The van der Waals surface area contributed by atoms with Crippen LogP contribution in [0.4, 0.5) is 0 Å². The highest BCUT2D eigenvalue weighted by Gasteiger charge is 2.16. The molecular weight excluding hydrogens is 566 g/mol. The molecule has 0 heterocycles. The Morgan fingerprint density at radius 2 is 0.739 bits per heavy atom. The van der Waals surface area contributed by atoms with Gasteiger partial charge >= 0.3 is 0 Å². The van der Waals surface area contributed by atoms with Crippen molar-refractivity contribution >= 4 is 5.91 Å². The molecule has 0 aliphatic carbocycles. The number of nitrogens with one attached hydrogen (secondary N) is 1. The smallest absolute Gasteiger partial charge is 0.220 e. The molecule has 0 aliphatic rings. The van der Waals surface area contributed by atoms with E-state index in [0.29, 0.717) is 12.8 Å². The summed E-state index contributed by atoms with van der Waals surface area (Å²) in [7, 11) is 0. The molecule has 0 radical (unpaired) electrons. The molecule has 4 nitrogen and oxygen atoms in total. The summed E-state index contributed by atoms with van der Waals surface area (Å²) in [4.78, 5) is 12.4. The minimum absolute atomic E-state index is 0.0226. The van der Waals surface area contributed by atoms with E-state index in [9.17, 15) is 15.0 Å². The van der Waals surface area contributed by atoms with Crippen LogP contribution in [0, 0.1) is 0 Å². The van der Waals surface area contributed by atoms with E-state index in [0.717, 1.165) is 25.7 Å². The first-order chi connectivity index (χ1) is 22.6. The summed E-state index contributed by atoms with van der Waals surface area (Å²) in [6, 6.07) is -0.324. The Hall–Kier alpha value is -0.610. The van der Waals surface area contributed by atoms with E-state index >= 15 is 0 Å². The molecule has 46 heavy (non-hydrogen) atoms. The summed E-state index contributed by atoms with van der Waals surface area (Å²) in [6.45, 7) is 4.47. The molecular formula is C42H85NO3. The number of hydrogen-bond donors (Lipinski definition) is 3. The molecule has 0 spiro atoms. The fraction of sp³-hybridized carbons (Fsp3) is 0.976. The number of hydrogen-bond acceptors (Lipinski definition) is 3. The standard InChI is InChI=1S/C42H85NO3/c1-3-5-7-9-11-13-15-17-18-19-20-21-22-23-24-25-27-29-31-33-35-37-42(46)43-40(39-44)38-41(45)36-34-32-30-28-26-16-14-12-10-8-6-4-2/h40-41,44-45H,3-39H2,1-2H3,(H,43,46)/t40-,41-/m1/s1. The highest BCUT2D eigenvalue weighted by atomic mass is 16.3. The lowest BCUT2D eigenvalue weighted by Crippen LogP contribution is -2.39. The van der Waals surface area contributed by atoms with Crippen LogP contribution in [-0.2, 0) is 4.79 Å². The van der Waals surface area contributed by atoms with Gasteiger partial charge in [0, 0.05) is 6.42 Å². The maximum Gasteiger partial charge on any atom is 0.220 e. The zero-order valence-electron chi connectivity index (χ0n) is 31.6. The number of unbranched alkanes of at least 4 members (excludes halogenated alkanes) is 31. The van der Waals surface area contributed by atoms with Crippen molar-refractivity contribution < 1.29 is 15.0 Å². The van der Waals surface area contributed by atoms with Crippen molar-refractivity contribution in [3.8, 4) is 0 Å². The molecule has 0 rings (SSSR count). The van der Waals surface area contributed by atoms with Gasteiger partial charge in [-0.05, 0) is 19.3 Å². The van der Waals surface area contributed by atoms with Gasteiger partial charge in [-0.1, -0.05) is 219 Å². The minimum atomic E-state index is -0.440. The summed E-state index contributed by atoms with van der Waals surface area (Å²) < 4.78 is 0. The molecule has 0 unspecified atom stereocenters. The third-order valence-corrected chi connectivity index (χ3v) is 10.0. The lowest BCUT2D eigenvalue weighted by atomic mass is 10.0. The molecule has 4 heteroatoms. The third kappa shape index (κ3) is 36.2. The first-order valence-corrected chi connectivity index (χ1v) is 21.2. The molecule has 0 bridgehead atoms. The first kappa shape index (κ1) is 45.4. The maximum absolute atomic E-state index is 12.4. The van der Waals surface area contributed by atoms with Crippen LogP contribution in [0.3, 0.4) is 0 Å². The van der Waals surface area contributed by atoms with Crippen LogP contribution in [0.15, 0.2) is 0 Å². The molecule has 0 aromatic heterocycles. The second-order valence-electron chi connectivity index (χ2n) is 14.8. The number of aliphatic hydroxyl groups excluding tert-OH is 2. The molecule has 0 saturated carbocycles. The average Bonchev–Trinajstić information content (AvgIpc) is 3.05. The summed E-state index contributed by atoms with van der Waals surface area (Å²) in [5.41, 5.74) is 0. The number of amides is 1. The van der Waals surface area contributed by atoms with E-state index in [1.54, 1.807) is 0 Å². The lowest BCUT2D eigenvalue weighted by molar-refractivity contribution is -0.122. The largest absolute Gasteiger partial charge is 0.394 e. The molecule has 276 valence electrons. The second-order valence-corrected chi connectivity index (χ2v) is 14.8. The molecule has 2 atom stereocenters. The number of aliphatic hydroxyl groups is 2.